The number of piperidine rings is 1. The van der Waals surface area contributed by atoms with Crippen LogP contribution in [0.5, 0.6) is 5.75 Å². The van der Waals surface area contributed by atoms with E-state index in [9.17, 15) is 8.42 Å². The summed E-state index contributed by atoms with van der Waals surface area (Å²) in [5, 5.41) is 4.19. The van der Waals surface area contributed by atoms with E-state index >= 15 is 0 Å². The van der Waals surface area contributed by atoms with E-state index in [-0.39, 0.29) is 11.0 Å². The van der Waals surface area contributed by atoms with Gasteiger partial charge in [0.2, 0.25) is 0 Å². The number of fused-ring (bicyclic) bond motifs is 1. The lowest BCUT2D eigenvalue weighted by Gasteiger charge is -2.24. The molecule has 5 nitrogen and oxygen atoms in total. The molecule has 0 aliphatic carbocycles. The Morgan fingerprint density at radius 1 is 1.08 bits per heavy atom. The maximum Gasteiger partial charge on any atom is 0.268 e. The van der Waals surface area contributed by atoms with Gasteiger partial charge in [-0.15, -0.1) is 0 Å². The Bertz CT molecular complexity index is 974. The van der Waals surface area contributed by atoms with Crippen LogP contribution in [0, 0.1) is 0 Å². The Balaban J connectivity index is 1.71. The van der Waals surface area contributed by atoms with Crippen LogP contribution in [0.3, 0.4) is 0 Å². The highest BCUT2D eigenvalue weighted by Crippen LogP contribution is 2.27. The van der Waals surface area contributed by atoms with Crippen molar-refractivity contribution in [3.8, 4) is 5.75 Å². The molecule has 1 N–H and O–H groups in total. The Labute approximate surface area is 147 Å². The molecule has 1 aromatic heterocycles. The van der Waals surface area contributed by atoms with Crippen LogP contribution in [0.2, 0.25) is 0 Å². The van der Waals surface area contributed by atoms with E-state index in [0.717, 1.165) is 31.3 Å². The van der Waals surface area contributed by atoms with Crippen molar-refractivity contribution < 1.29 is 13.2 Å². The average Bonchev–Trinajstić information content (AvgIpc) is 3.07. The van der Waals surface area contributed by atoms with Gasteiger partial charge in [-0.3, -0.25) is 0 Å². The highest BCUT2D eigenvalue weighted by Gasteiger charge is 2.20. The van der Waals surface area contributed by atoms with Gasteiger partial charge in [-0.2, -0.15) is 0 Å². The molecule has 1 unspecified atom stereocenters. The molecule has 0 amide bonds. The molecule has 1 aliphatic heterocycles. The zero-order valence-electron chi connectivity index (χ0n) is 13.8. The summed E-state index contributed by atoms with van der Waals surface area (Å²) in [4.78, 5) is 0.273. The van der Waals surface area contributed by atoms with E-state index in [1.165, 1.54) is 3.97 Å². The number of hydrogen-bond acceptors (Lipinski definition) is 4. The van der Waals surface area contributed by atoms with Gasteiger partial charge in [0.1, 0.15) is 11.9 Å². The Morgan fingerprint density at radius 2 is 1.92 bits per heavy atom. The fourth-order valence-electron chi connectivity index (χ4n) is 3.19. The lowest BCUT2D eigenvalue weighted by molar-refractivity contribution is 0.167. The second-order valence-electron chi connectivity index (χ2n) is 6.24. The van der Waals surface area contributed by atoms with Crippen molar-refractivity contribution in [2.75, 3.05) is 13.1 Å². The van der Waals surface area contributed by atoms with E-state index in [1.54, 1.807) is 36.5 Å². The second-order valence-corrected chi connectivity index (χ2v) is 8.05. The number of nitrogens with zero attached hydrogens (tertiary/aromatic N) is 1. The van der Waals surface area contributed by atoms with Crippen LogP contribution < -0.4 is 10.1 Å². The predicted molar refractivity (Wildman–Crippen MR) is 97.5 cm³/mol. The van der Waals surface area contributed by atoms with E-state index < -0.39 is 10.0 Å². The van der Waals surface area contributed by atoms with Crippen LogP contribution in [0.15, 0.2) is 65.7 Å². The van der Waals surface area contributed by atoms with Gasteiger partial charge in [0.25, 0.3) is 10.0 Å². The van der Waals surface area contributed by atoms with Gasteiger partial charge in [0.15, 0.2) is 0 Å². The maximum atomic E-state index is 12.9. The fraction of sp³-hybridized carbons (Fsp3) is 0.263. The molecule has 1 aliphatic rings. The lowest BCUT2D eigenvalue weighted by atomic mass is 10.1. The Hall–Kier alpha value is -2.31. The van der Waals surface area contributed by atoms with E-state index in [2.05, 4.69) is 5.32 Å². The molecule has 25 heavy (non-hydrogen) atoms. The van der Waals surface area contributed by atoms with Gasteiger partial charge in [0, 0.05) is 24.2 Å². The molecule has 1 atom stereocenters. The highest BCUT2D eigenvalue weighted by atomic mass is 32.2. The summed E-state index contributed by atoms with van der Waals surface area (Å²) in [6.45, 7) is 1.85. The molecule has 0 saturated carbocycles. The van der Waals surface area contributed by atoms with Crippen molar-refractivity contribution in [2.24, 2.45) is 0 Å². The van der Waals surface area contributed by atoms with Crippen molar-refractivity contribution in [3.63, 3.8) is 0 Å². The summed E-state index contributed by atoms with van der Waals surface area (Å²) in [7, 11) is -3.62. The van der Waals surface area contributed by atoms with Gasteiger partial charge < -0.3 is 10.1 Å². The summed E-state index contributed by atoms with van der Waals surface area (Å²) in [6.07, 6.45) is 3.82. The topological polar surface area (TPSA) is 60.3 Å². The summed E-state index contributed by atoms with van der Waals surface area (Å²) in [5.41, 5.74) is 0.630. The zero-order valence-corrected chi connectivity index (χ0v) is 14.6. The molecule has 0 spiro atoms. The van der Waals surface area contributed by atoms with Crippen LogP contribution in [0.1, 0.15) is 12.8 Å². The van der Waals surface area contributed by atoms with Crippen molar-refractivity contribution >= 4 is 20.9 Å². The standard InChI is InChI=1S/C19H20N2O3S/c22-25(23,18-6-2-1-3-7-18)21-12-10-15-8-9-16(13-19(15)21)24-17-5-4-11-20-14-17/h1-3,6-10,12-13,17,20H,4-5,11,14H2. The minimum Gasteiger partial charge on any atom is -0.489 e. The quantitative estimate of drug-likeness (QED) is 0.781. The van der Waals surface area contributed by atoms with Gasteiger partial charge in [-0.05, 0) is 49.7 Å². The molecule has 1 fully saturated rings. The van der Waals surface area contributed by atoms with Gasteiger partial charge in [-0.25, -0.2) is 12.4 Å². The van der Waals surface area contributed by atoms with Gasteiger partial charge >= 0.3 is 0 Å². The first-order valence-corrected chi connectivity index (χ1v) is 9.88. The van der Waals surface area contributed by atoms with Crippen molar-refractivity contribution in [1.29, 1.82) is 0 Å². The molecule has 4 rings (SSSR count). The molecule has 1 saturated heterocycles. The van der Waals surface area contributed by atoms with Crippen molar-refractivity contribution in [1.82, 2.24) is 9.29 Å². The number of benzene rings is 2. The Kier molecular flexibility index (Phi) is 4.23. The van der Waals surface area contributed by atoms with E-state index in [1.807, 2.05) is 24.3 Å². The second kappa shape index (κ2) is 6.54. The first-order valence-electron chi connectivity index (χ1n) is 8.44. The minimum atomic E-state index is -3.62. The number of nitrogens with one attached hydrogen (secondary N) is 1. The van der Waals surface area contributed by atoms with Crippen molar-refractivity contribution in [2.45, 2.75) is 23.8 Å². The van der Waals surface area contributed by atoms with Crippen molar-refractivity contribution in [3.05, 3.63) is 60.8 Å². The van der Waals surface area contributed by atoms with E-state index in [4.69, 9.17) is 4.74 Å². The largest absolute Gasteiger partial charge is 0.489 e. The molecule has 0 radical (unpaired) electrons. The van der Waals surface area contributed by atoms with Crippen LogP contribution in [-0.4, -0.2) is 31.6 Å². The predicted octanol–water partition coefficient (Wildman–Crippen LogP) is 3.01. The molecule has 2 heterocycles. The fourth-order valence-corrected chi connectivity index (χ4v) is 4.55. The molecule has 3 aromatic rings. The molecular formula is C19H20N2O3S. The third-order valence-electron chi connectivity index (χ3n) is 4.48. The average molecular weight is 356 g/mol. The van der Waals surface area contributed by atoms with Crippen LogP contribution in [-0.2, 0) is 10.0 Å². The van der Waals surface area contributed by atoms with Gasteiger partial charge in [-0.1, -0.05) is 18.2 Å². The zero-order chi connectivity index (χ0) is 17.3. The SMILES string of the molecule is O=S(=O)(c1ccccc1)n1ccc2ccc(OC3CCCNC3)cc21. The van der Waals surface area contributed by atoms with Crippen LogP contribution >= 0.6 is 0 Å². The van der Waals surface area contributed by atoms with E-state index in [0.29, 0.717) is 11.3 Å². The highest BCUT2D eigenvalue weighted by molar-refractivity contribution is 7.90. The van der Waals surface area contributed by atoms with Crippen LogP contribution in [0.4, 0.5) is 0 Å². The van der Waals surface area contributed by atoms with Gasteiger partial charge in [0.05, 0.1) is 10.4 Å². The molecule has 6 heteroatoms. The molecule has 2 aromatic carbocycles. The Morgan fingerprint density at radius 3 is 2.68 bits per heavy atom. The summed E-state index contributed by atoms with van der Waals surface area (Å²) >= 11 is 0. The first-order chi connectivity index (χ1) is 12.1. The third-order valence-corrected chi connectivity index (χ3v) is 6.19. The number of rotatable bonds is 4. The van der Waals surface area contributed by atoms with Crippen LogP contribution in [0.25, 0.3) is 10.9 Å². The molecule has 130 valence electrons. The minimum absolute atomic E-state index is 0.125. The smallest absolute Gasteiger partial charge is 0.268 e. The normalized spacial score (nSPS) is 18.3. The summed E-state index contributed by atoms with van der Waals surface area (Å²) in [6, 6.07) is 15.9. The number of aromatic nitrogens is 1. The maximum absolute atomic E-state index is 12.9. The monoisotopic (exact) mass is 356 g/mol. The first kappa shape index (κ1) is 16.2. The number of ether oxygens (including phenoxy) is 1. The summed E-state index contributed by atoms with van der Waals surface area (Å²) < 4.78 is 33.2. The third kappa shape index (κ3) is 3.15. The lowest BCUT2D eigenvalue weighted by Crippen LogP contribution is -2.37. The molecular weight excluding hydrogens is 336 g/mol. The molecule has 0 bridgehead atoms. The summed E-state index contributed by atoms with van der Waals surface area (Å²) in [5.74, 6) is 0.699. The number of hydrogen-bond donors (Lipinski definition) is 1.